The Bertz CT molecular complexity index is 707. The summed E-state index contributed by atoms with van der Waals surface area (Å²) in [5.41, 5.74) is 2.18. The molecule has 10 heteroatoms. The molecule has 130 valence electrons. The molecule has 1 aromatic carbocycles. The van der Waals surface area contributed by atoms with Crippen LogP contribution in [0.25, 0.3) is 0 Å². The molecule has 0 aliphatic heterocycles. The van der Waals surface area contributed by atoms with Crippen LogP contribution in [0.5, 0.6) is 0 Å². The fraction of sp³-hybridized carbons (Fsp3) is 0.429. The molecule has 1 aliphatic rings. The molecule has 1 fully saturated rings. The molecule has 0 unspecified atom stereocenters. The van der Waals surface area contributed by atoms with Gasteiger partial charge in [-0.3, -0.25) is 19.7 Å². The predicted octanol–water partition coefficient (Wildman–Crippen LogP) is 1.19. The SMILES string of the molecule is C[C@](NC(=O)[C@@H]1C[C@H]1[N+](=O)[O-])(C(N)=O)c1cccc(C(F)(F)F)c1. The molecule has 1 saturated carbocycles. The van der Waals surface area contributed by atoms with Gasteiger partial charge in [-0.25, -0.2) is 0 Å². The van der Waals surface area contributed by atoms with Crippen LogP contribution in [0.3, 0.4) is 0 Å². The molecule has 3 atom stereocenters. The number of primary amides is 1. The highest BCUT2D eigenvalue weighted by atomic mass is 19.4. The van der Waals surface area contributed by atoms with Crippen molar-refractivity contribution < 1.29 is 27.7 Å². The number of nitrogens with two attached hydrogens (primary N) is 1. The molecule has 0 radical (unpaired) electrons. The molecule has 0 saturated heterocycles. The van der Waals surface area contributed by atoms with E-state index in [-0.39, 0.29) is 12.0 Å². The van der Waals surface area contributed by atoms with Gasteiger partial charge in [0.1, 0.15) is 11.5 Å². The van der Waals surface area contributed by atoms with Gasteiger partial charge in [0.25, 0.3) is 0 Å². The minimum absolute atomic E-state index is 0.0102. The van der Waals surface area contributed by atoms with E-state index in [2.05, 4.69) is 5.32 Å². The Hall–Kier alpha value is -2.65. The highest BCUT2D eigenvalue weighted by molar-refractivity contribution is 5.92. The average molecular weight is 345 g/mol. The van der Waals surface area contributed by atoms with Gasteiger partial charge < -0.3 is 11.1 Å². The second-order valence-electron chi connectivity index (χ2n) is 5.75. The van der Waals surface area contributed by atoms with E-state index in [0.717, 1.165) is 19.1 Å². The van der Waals surface area contributed by atoms with Crippen molar-refractivity contribution in [3.05, 3.63) is 45.5 Å². The van der Waals surface area contributed by atoms with Gasteiger partial charge in [0.2, 0.25) is 17.9 Å². The van der Waals surface area contributed by atoms with Crippen LogP contribution < -0.4 is 11.1 Å². The van der Waals surface area contributed by atoms with Crippen LogP contribution in [0, 0.1) is 16.0 Å². The summed E-state index contributed by atoms with van der Waals surface area (Å²) in [7, 11) is 0. The summed E-state index contributed by atoms with van der Waals surface area (Å²) in [6, 6.07) is 2.78. The molecule has 0 heterocycles. The minimum Gasteiger partial charge on any atom is -0.367 e. The van der Waals surface area contributed by atoms with Crippen molar-refractivity contribution in [2.75, 3.05) is 0 Å². The van der Waals surface area contributed by atoms with Crippen LogP contribution in [-0.2, 0) is 21.3 Å². The fourth-order valence-corrected chi connectivity index (χ4v) is 2.32. The van der Waals surface area contributed by atoms with Gasteiger partial charge >= 0.3 is 6.18 Å². The van der Waals surface area contributed by atoms with E-state index in [1.807, 2.05) is 0 Å². The minimum atomic E-state index is -4.63. The van der Waals surface area contributed by atoms with Crippen molar-refractivity contribution >= 4 is 11.8 Å². The first kappa shape index (κ1) is 17.7. The first-order valence-electron chi connectivity index (χ1n) is 6.90. The van der Waals surface area contributed by atoms with Gasteiger partial charge in [0.05, 0.1) is 5.56 Å². The van der Waals surface area contributed by atoms with Crippen LogP contribution >= 0.6 is 0 Å². The fourth-order valence-electron chi connectivity index (χ4n) is 2.32. The second-order valence-corrected chi connectivity index (χ2v) is 5.75. The number of carbonyl (C=O) groups excluding carboxylic acids is 2. The normalized spacial score (nSPS) is 22.3. The number of benzene rings is 1. The average Bonchev–Trinajstić information content (AvgIpc) is 3.26. The van der Waals surface area contributed by atoms with E-state index in [9.17, 15) is 32.9 Å². The maximum absolute atomic E-state index is 12.8. The number of rotatable bonds is 5. The van der Waals surface area contributed by atoms with Crippen molar-refractivity contribution in [3.63, 3.8) is 0 Å². The molecule has 24 heavy (non-hydrogen) atoms. The Balaban J connectivity index is 2.30. The van der Waals surface area contributed by atoms with E-state index in [1.165, 1.54) is 6.07 Å². The quantitative estimate of drug-likeness (QED) is 0.616. The maximum atomic E-state index is 12.8. The van der Waals surface area contributed by atoms with E-state index in [0.29, 0.717) is 6.07 Å². The zero-order chi connectivity index (χ0) is 18.3. The highest BCUT2D eigenvalue weighted by Gasteiger charge is 2.55. The van der Waals surface area contributed by atoms with Crippen LogP contribution in [-0.4, -0.2) is 22.8 Å². The summed E-state index contributed by atoms with van der Waals surface area (Å²) in [5, 5.41) is 12.9. The van der Waals surface area contributed by atoms with Crippen molar-refractivity contribution in [2.24, 2.45) is 11.7 Å². The van der Waals surface area contributed by atoms with Crippen LogP contribution in [0.4, 0.5) is 13.2 Å². The van der Waals surface area contributed by atoms with Gasteiger partial charge in [-0.05, 0) is 24.6 Å². The Kier molecular flexibility index (Phi) is 4.25. The molecule has 7 nitrogen and oxygen atoms in total. The standard InChI is InChI=1S/C14H14F3N3O4/c1-13(12(18)22,19-11(21)9-6-10(9)20(23)24)7-3-2-4-8(5-7)14(15,16)17/h2-5,9-10H,6H2,1H3,(H2,18,22)(H,19,21)/t9-,10-,13-/m1/s1. The largest absolute Gasteiger partial charge is 0.416 e. The van der Waals surface area contributed by atoms with Crippen LogP contribution in [0.15, 0.2) is 24.3 Å². The van der Waals surface area contributed by atoms with E-state index in [1.54, 1.807) is 0 Å². The van der Waals surface area contributed by atoms with Crippen LogP contribution in [0.1, 0.15) is 24.5 Å². The van der Waals surface area contributed by atoms with Gasteiger partial charge in [-0.2, -0.15) is 13.2 Å². The van der Waals surface area contributed by atoms with Crippen molar-refractivity contribution in [1.29, 1.82) is 0 Å². The van der Waals surface area contributed by atoms with Gasteiger partial charge in [0, 0.05) is 11.3 Å². The molecule has 2 rings (SSSR count). The van der Waals surface area contributed by atoms with Gasteiger partial charge in [-0.15, -0.1) is 0 Å². The zero-order valence-corrected chi connectivity index (χ0v) is 12.5. The molecule has 0 bridgehead atoms. The number of nitrogens with one attached hydrogen (secondary N) is 1. The highest BCUT2D eigenvalue weighted by Crippen LogP contribution is 2.35. The molecule has 2 amide bonds. The summed E-state index contributed by atoms with van der Waals surface area (Å²) in [5.74, 6) is -2.80. The smallest absolute Gasteiger partial charge is 0.367 e. The number of nitrogens with zero attached hydrogens (tertiary/aromatic N) is 1. The number of alkyl halides is 3. The Morgan fingerprint density at radius 1 is 1.33 bits per heavy atom. The summed E-state index contributed by atoms with van der Waals surface area (Å²) in [4.78, 5) is 33.8. The Morgan fingerprint density at radius 3 is 2.38 bits per heavy atom. The number of halogens is 3. The van der Waals surface area contributed by atoms with Gasteiger partial charge in [0.15, 0.2) is 0 Å². The Labute approximate surface area is 134 Å². The summed E-state index contributed by atoms with van der Waals surface area (Å²) < 4.78 is 38.5. The van der Waals surface area contributed by atoms with Crippen molar-refractivity contribution in [2.45, 2.75) is 31.1 Å². The molecular formula is C14H14F3N3O4. The molecule has 1 aliphatic carbocycles. The Morgan fingerprint density at radius 2 is 1.92 bits per heavy atom. The lowest BCUT2D eigenvalue weighted by Gasteiger charge is -2.28. The topological polar surface area (TPSA) is 115 Å². The third kappa shape index (κ3) is 3.31. The van der Waals surface area contributed by atoms with E-state index < -0.39 is 46.0 Å². The third-order valence-corrected chi connectivity index (χ3v) is 4.00. The monoisotopic (exact) mass is 345 g/mol. The number of hydrogen-bond donors (Lipinski definition) is 2. The summed E-state index contributed by atoms with van der Waals surface area (Å²) in [6.45, 7) is 1.16. The molecule has 0 aromatic heterocycles. The predicted molar refractivity (Wildman–Crippen MR) is 75.0 cm³/mol. The first-order chi connectivity index (χ1) is 11.0. The molecule has 3 N–H and O–H groups in total. The molecule has 0 spiro atoms. The van der Waals surface area contributed by atoms with E-state index >= 15 is 0 Å². The van der Waals surface area contributed by atoms with Crippen molar-refractivity contribution in [1.82, 2.24) is 5.32 Å². The lowest BCUT2D eigenvalue weighted by molar-refractivity contribution is -0.497. The van der Waals surface area contributed by atoms with Crippen LogP contribution in [0.2, 0.25) is 0 Å². The number of hydrogen-bond acceptors (Lipinski definition) is 4. The second kappa shape index (κ2) is 5.77. The third-order valence-electron chi connectivity index (χ3n) is 4.00. The first-order valence-corrected chi connectivity index (χ1v) is 6.90. The van der Waals surface area contributed by atoms with Crippen molar-refractivity contribution in [3.8, 4) is 0 Å². The van der Waals surface area contributed by atoms with Gasteiger partial charge in [-0.1, -0.05) is 12.1 Å². The van der Waals surface area contributed by atoms with E-state index in [4.69, 9.17) is 5.73 Å². The molecule has 1 aromatic rings. The maximum Gasteiger partial charge on any atom is 0.416 e. The zero-order valence-electron chi connectivity index (χ0n) is 12.5. The summed E-state index contributed by atoms with van der Waals surface area (Å²) >= 11 is 0. The summed E-state index contributed by atoms with van der Waals surface area (Å²) in [6.07, 6.45) is -4.62. The number of nitro groups is 1. The lowest BCUT2D eigenvalue weighted by atomic mass is 9.89. The molecular weight excluding hydrogens is 331 g/mol. The number of amides is 2. The lowest BCUT2D eigenvalue weighted by Crippen LogP contribution is -2.53. The number of carbonyl (C=O) groups is 2.